The lowest BCUT2D eigenvalue weighted by Crippen LogP contribution is -2.52. The van der Waals surface area contributed by atoms with Crippen LogP contribution in [-0.4, -0.2) is 62.8 Å². The number of amides is 1. The summed E-state index contributed by atoms with van der Waals surface area (Å²) >= 11 is 1.19. The van der Waals surface area contributed by atoms with E-state index in [0.717, 1.165) is 5.56 Å². The van der Waals surface area contributed by atoms with Gasteiger partial charge in [-0.25, -0.2) is 8.42 Å². The van der Waals surface area contributed by atoms with Crippen LogP contribution in [0.4, 0.5) is 0 Å². The summed E-state index contributed by atoms with van der Waals surface area (Å²) < 4.78 is 32.7. The fourth-order valence-electron chi connectivity index (χ4n) is 4.83. The van der Waals surface area contributed by atoms with E-state index in [2.05, 4.69) is 0 Å². The fourth-order valence-corrected chi connectivity index (χ4v) is 7.50. The standard InChI is InChI=1S/C23H28N2O5S2/c1-30-22(27)23(19-8-3-2-4-9-19)11-14-24(15-12-23)21(26)18-7-5-13-25(17-18)32(28,29)20-10-6-16-31-20/h2-4,6,8-10,16,18H,5,7,11-15,17H2,1H3. The molecule has 1 unspecified atom stereocenters. The van der Waals surface area contributed by atoms with Gasteiger partial charge in [-0.1, -0.05) is 36.4 Å². The van der Waals surface area contributed by atoms with Crippen molar-refractivity contribution < 1.29 is 22.7 Å². The lowest BCUT2D eigenvalue weighted by Gasteiger charge is -2.42. The number of esters is 1. The number of nitrogens with zero attached hydrogens (tertiary/aromatic N) is 2. The van der Waals surface area contributed by atoms with Gasteiger partial charge in [0.15, 0.2) is 0 Å². The molecule has 0 bridgehead atoms. The van der Waals surface area contributed by atoms with E-state index in [4.69, 9.17) is 4.74 Å². The van der Waals surface area contributed by atoms with Crippen molar-refractivity contribution in [2.24, 2.45) is 5.92 Å². The fraction of sp³-hybridized carbons (Fsp3) is 0.478. The molecule has 1 atom stereocenters. The van der Waals surface area contributed by atoms with Gasteiger partial charge in [-0.3, -0.25) is 9.59 Å². The summed E-state index contributed by atoms with van der Waals surface area (Å²) in [5, 5.41) is 1.74. The van der Waals surface area contributed by atoms with E-state index in [9.17, 15) is 18.0 Å². The van der Waals surface area contributed by atoms with Crippen LogP contribution in [0.2, 0.25) is 0 Å². The highest BCUT2D eigenvalue weighted by molar-refractivity contribution is 7.91. The Balaban J connectivity index is 1.45. The molecule has 2 aromatic rings. The Morgan fingerprint density at radius 2 is 1.78 bits per heavy atom. The second-order valence-corrected chi connectivity index (χ2v) is 11.5. The van der Waals surface area contributed by atoms with Gasteiger partial charge in [-0.15, -0.1) is 11.3 Å². The summed E-state index contributed by atoms with van der Waals surface area (Å²) in [6.07, 6.45) is 2.30. The Morgan fingerprint density at radius 1 is 1.06 bits per heavy atom. The first-order chi connectivity index (χ1) is 15.4. The number of benzene rings is 1. The third kappa shape index (κ3) is 4.21. The number of sulfonamides is 1. The zero-order valence-corrected chi connectivity index (χ0v) is 19.7. The lowest BCUT2D eigenvalue weighted by atomic mass is 9.72. The molecule has 4 rings (SSSR count). The van der Waals surface area contributed by atoms with Crippen molar-refractivity contribution in [1.82, 2.24) is 9.21 Å². The van der Waals surface area contributed by atoms with E-state index in [0.29, 0.717) is 49.5 Å². The molecule has 172 valence electrons. The number of methoxy groups -OCH3 is 1. The Hall–Kier alpha value is -2.23. The molecule has 7 nitrogen and oxygen atoms in total. The van der Waals surface area contributed by atoms with Crippen LogP contribution < -0.4 is 0 Å². The third-order valence-corrected chi connectivity index (χ3v) is 9.89. The Morgan fingerprint density at radius 3 is 2.41 bits per heavy atom. The van der Waals surface area contributed by atoms with Gasteiger partial charge in [0.2, 0.25) is 5.91 Å². The Bertz CT molecular complexity index is 1050. The van der Waals surface area contributed by atoms with Crippen molar-refractivity contribution in [3.05, 3.63) is 53.4 Å². The van der Waals surface area contributed by atoms with E-state index < -0.39 is 15.4 Å². The van der Waals surface area contributed by atoms with Gasteiger partial charge in [-0.05, 0) is 42.7 Å². The summed E-state index contributed by atoms with van der Waals surface area (Å²) in [6, 6.07) is 12.9. The minimum absolute atomic E-state index is 0.0254. The first-order valence-corrected chi connectivity index (χ1v) is 13.2. The summed E-state index contributed by atoms with van der Waals surface area (Å²) in [6.45, 7) is 1.52. The van der Waals surface area contributed by atoms with Gasteiger partial charge in [-0.2, -0.15) is 4.31 Å². The van der Waals surface area contributed by atoms with E-state index in [-0.39, 0.29) is 24.3 Å². The molecule has 32 heavy (non-hydrogen) atoms. The van der Waals surface area contributed by atoms with Crippen molar-refractivity contribution >= 4 is 33.2 Å². The maximum absolute atomic E-state index is 13.3. The van der Waals surface area contributed by atoms with Gasteiger partial charge in [0, 0.05) is 26.2 Å². The molecule has 2 aliphatic heterocycles. The van der Waals surface area contributed by atoms with Crippen molar-refractivity contribution in [3.63, 3.8) is 0 Å². The van der Waals surface area contributed by atoms with Crippen LogP contribution in [0.25, 0.3) is 0 Å². The number of hydrogen-bond acceptors (Lipinski definition) is 6. The molecule has 0 N–H and O–H groups in total. The van der Waals surface area contributed by atoms with E-state index >= 15 is 0 Å². The van der Waals surface area contributed by atoms with Crippen LogP contribution in [0.3, 0.4) is 0 Å². The van der Waals surface area contributed by atoms with E-state index in [1.807, 2.05) is 30.3 Å². The average Bonchev–Trinajstić information content (AvgIpc) is 3.40. The molecule has 3 heterocycles. The zero-order valence-electron chi connectivity index (χ0n) is 18.1. The van der Waals surface area contributed by atoms with Crippen molar-refractivity contribution in [1.29, 1.82) is 0 Å². The number of likely N-dealkylation sites (tertiary alicyclic amines) is 1. The molecule has 0 spiro atoms. The van der Waals surface area contributed by atoms with Crippen LogP contribution in [0.15, 0.2) is 52.1 Å². The maximum atomic E-state index is 13.3. The number of hydrogen-bond donors (Lipinski definition) is 0. The Kier molecular flexibility index (Phi) is 6.69. The SMILES string of the molecule is COC(=O)C1(c2ccccc2)CCN(C(=O)C2CCCN(S(=O)(=O)c3cccs3)C2)CC1. The number of ether oxygens (including phenoxy) is 1. The number of carbonyl (C=O) groups is 2. The Labute approximate surface area is 193 Å². The molecular weight excluding hydrogens is 448 g/mol. The van der Waals surface area contributed by atoms with Crippen LogP contribution >= 0.6 is 11.3 Å². The highest BCUT2D eigenvalue weighted by Gasteiger charge is 2.45. The molecule has 9 heteroatoms. The van der Waals surface area contributed by atoms with Gasteiger partial charge in [0.05, 0.1) is 18.4 Å². The first kappa shape index (κ1) is 22.9. The number of piperidine rings is 2. The molecule has 0 radical (unpaired) electrons. The van der Waals surface area contributed by atoms with Gasteiger partial charge in [0.1, 0.15) is 4.21 Å². The molecule has 2 saturated heterocycles. The smallest absolute Gasteiger partial charge is 0.316 e. The van der Waals surface area contributed by atoms with Crippen LogP contribution in [0.5, 0.6) is 0 Å². The maximum Gasteiger partial charge on any atom is 0.316 e. The lowest BCUT2D eigenvalue weighted by molar-refractivity contribution is -0.152. The number of rotatable bonds is 5. The summed E-state index contributed by atoms with van der Waals surface area (Å²) in [7, 11) is -2.17. The summed E-state index contributed by atoms with van der Waals surface area (Å²) in [4.78, 5) is 27.8. The minimum Gasteiger partial charge on any atom is -0.468 e. The second-order valence-electron chi connectivity index (χ2n) is 8.40. The molecular formula is C23H28N2O5S2. The zero-order chi connectivity index (χ0) is 22.8. The number of carbonyl (C=O) groups excluding carboxylic acids is 2. The minimum atomic E-state index is -3.57. The predicted molar refractivity (Wildman–Crippen MR) is 122 cm³/mol. The van der Waals surface area contributed by atoms with Gasteiger partial charge in [0.25, 0.3) is 10.0 Å². The monoisotopic (exact) mass is 476 g/mol. The van der Waals surface area contributed by atoms with Gasteiger partial charge >= 0.3 is 5.97 Å². The van der Waals surface area contributed by atoms with Crippen molar-refractivity contribution in [3.8, 4) is 0 Å². The van der Waals surface area contributed by atoms with Crippen LogP contribution in [-0.2, 0) is 29.8 Å². The highest BCUT2D eigenvalue weighted by Crippen LogP contribution is 2.37. The molecule has 2 aliphatic rings. The summed E-state index contributed by atoms with van der Waals surface area (Å²) in [5.74, 6) is -0.662. The first-order valence-electron chi connectivity index (χ1n) is 10.8. The van der Waals surface area contributed by atoms with Crippen molar-refractivity contribution in [2.75, 3.05) is 33.3 Å². The topological polar surface area (TPSA) is 84.0 Å². The highest BCUT2D eigenvalue weighted by atomic mass is 32.2. The largest absolute Gasteiger partial charge is 0.468 e. The second kappa shape index (κ2) is 9.33. The summed E-state index contributed by atoms with van der Waals surface area (Å²) in [5.41, 5.74) is 0.151. The molecule has 1 aromatic carbocycles. The predicted octanol–water partition coefficient (Wildman–Crippen LogP) is 2.88. The van der Waals surface area contributed by atoms with E-state index in [1.54, 1.807) is 22.4 Å². The van der Waals surface area contributed by atoms with Gasteiger partial charge < -0.3 is 9.64 Å². The van der Waals surface area contributed by atoms with Crippen molar-refractivity contribution in [2.45, 2.75) is 35.3 Å². The third-order valence-electron chi connectivity index (χ3n) is 6.65. The average molecular weight is 477 g/mol. The molecule has 2 fully saturated rings. The number of thiophene rings is 1. The molecule has 0 saturated carbocycles. The molecule has 1 amide bonds. The van der Waals surface area contributed by atoms with Crippen LogP contribution in [0, 0.1) is 5.92 Å². The normalized spacial score (nSPS) is 21.8. The quantitative estimate of drug-likeness (QED) is 0.620. The molecule has 0 aliphatic carbocycles. The molecule has 1 aromatic heterocycles. The van der Waals surface area contributed by atoms with Crippen LogP contribution in [0.1, 0.15) is 31.2 Å². The van der Waals surface area contributed by atoms with E-state index in [1.165, 1.54) is 22.8 Å².